The average molecular weight is 428 g/mol. The van der Waals surface area contributed by atoms with E-state index in [0.717, 1.165) is 29.0 Å². The lowest BCUT2D eigenvalue weighted by atomic mass is 10.1. The number of anilines is 1. The van der Waals surface area contributed by atoms with Gasteiger partial charge in [0.15, 0.2) is 0 Å². The molecule has 0 aliphatic heterocycles. The average Bonchev–Trinajstić information content (AvgIpc) is 2.74. The molecule has 0 aromatic heterocycles. The van der Waals surface area contributed by atoms with E-state index in [1.54, 1.807) is 31.4 Å². The lowest BCUT2D eigenvalue weighted by molar-refractivity contribution is -0.120. The van der Waals surface area contributed by atoms with Crippen molar-refractivity contribution < 1.29 is 22.3 Å². The predicted molar refractivity (Wildman–Crippen MR) is 112 cm³/mol. The summed E-state index contributed by atoms with van der Waals surface area (Å²) in [6.07, 6.45) is 0.168. The Labute approximate surface area is 174 Å². The quantitative estimate of drug-likeness (QED) is 0.575. The lowest BCUT2D eigenvalue weighted by Crippen LogP contribution is -2.24. The van der Waals surface area contributed by atoms with Crippen LogP contribution in [-0.4, -0.2) is 21.4 Å². The molecule has 0 spiro atoms. The molecule has 2 N–H and O–H groups in total. The van der Waals surface area contributed by atoms with Gasteiger partial charge in [-0.3, -0.25) is 9.52 Å². The van der Waals surface area contributed by atoms with Crippen molar-refractivity contribution in [3.05, 3.63) is 89.7 Å². The highest BCUT2D eigenvalue weighted by Crippen LogP contribution is 2.17. The topological polar surface area (TPSA) is 84.5 Å². The van der Waals surface area contributed by atoms with Gasteiger partial charge in [-0.2, -0.15) is 0 Å². The molecule has 0 saturated carbocycles. The number of amides is 1. The highest BCUT2D eigenvalue weighted by Gasteiger charge is 2.14. The fourth-order valence-electron chi connectivity index (χ4n) is 2.71. The van der Waals surface area contributed by atoms with Gasteiger partial charge in [-0.1, -0.05) is 24.3 Å². The standard InChI is InChI=1S/C22H21FN2O4S/c1-29-20-10-4-17(5-11-20)15-24-22(26)14-16-2-8-19(9-3-16)25-30(27,28)21-12-6-18(23)7-13-21/h2-13,25H,14-15H2,1H3,(H,24,26). The first-order valence-electron chi connectivity index (χ1n) is 9.13. The summed E-state index contributed by atoms with van der Waals surface area (Å²) in [5.74, 6) is 0.0919. The molecule has 0 saturated heterocycles. The first kappa shape index (κ1) is 21.3. The number of halogens is 1. The summed E-state index contributed by atoms with van der Waals surface area (Å²) in [5, 5.41) is 2.84. The molecule has 0 aliphatic rings. The minimum Gasteiger partial charge on any atom is -0.497 e. The second-order valence-electron chi connectivity index (χ2n) is 6.56. The van der Waals surface area contributed by atoms with E-state index in [1.165, 1.54) is 12.1 Å². The normalized spacial score (nSPS) is 11.0. The minimum absolute atomic E-state index is 0.0362. The van der Waals surface area contributed by atoms with E-state index in [2.05, 4.69) is 10.0 Å². The van der Waals surface area contributed by atoms with E-state index in [0.29, 0.717) is 12.2 Å². The number of sulfonamides is 1. The van der Waals surface area contributed by atoms with Crippen molar-refractivity contribution in [2.24, 2.45) is 0 Å². The number of methoxy groups -OCH3 is 1. The van der Waals surface area contributed by atoms with Gasteiger partial charge < -0.3 is 10.1 Å². The van der Waals surface area contributed by atoms with Crippen LogP contribution in [-0.2, 0) is 27.8 Å². The minimum atomic E-state index is -3.82. The maximum Gasteiger partial charge on any atom is 0.261 e. The molecule has 0 fully saturated rings. The molecule has 6 nitrogen and oxygen atoms in total. The number of benzene rings is 3. The van der Waals surface area contributed by atoms with Gasteiger partial charge in [-0.05, 0) is 59.7 Å². The number of ether oxygens (including phenoxy) is 1. The first-order chi connectivity index (χ1) is 14.4. The molecular formula is C22H21FN2O4S. The predicted octanol–water partition coefficient (Wildman–Crippen LogP) is 3.49. The number of hydrogen-bond donors (Lipinski definition) is 2. The Bertz CT molecular complexity index is 1100. The highest BCUT2D eigenvalue weighted by molar-refractivity contribution is 7.92. The maximum atomic E-state index is 13.0. The molecule has 8 heteroatoms. The SMILES string of the molecule is COc1ccc(CNC(=O)Cc2ccc(NS(=O)(=O)c3ccc(F)cc3)cc2)cc1. The summed E-state index contributed by atoms with van der Waals surface area (Å²) in [4.78, 5) is 12.1. The zero-order chi connectivity index (χ0) is 21.6. The Balaban J connectivity index is 1.54. The Hall–Kier alpha value is -3.39. The van der Waals surface area contributed by atoms with Gasteiger partial charge in [-0.15, -0.1) is 0 Å². The number of rotatable bonds is 8. The smallest absolute Gasteiger partial charge is 0.261 e. The van der Waals surface area contributed by atoms with Gasteiger partial charge in [0.25, 0.3) is 10.0 Å². The van der Waals surface area contributed by atoms with Gasteiger partial charge in [0.2, 0.25) is 5.91 Å². The van der Waals surface area contributed by atoms with E-state index >= 15 is 0 Å². The van der Waals surface area contributed by atoms with Crippen LogP contribution in [0.5, 0.6) is 5.75 Å². The van der Waals surface area contributed by atoms with Gasteiger partial charge in [0.1, 0.15) is 11.6 Å². The van der Waals surface area contributed by atoms with Crippen molar-refractivity contribution in [1.82, 2.24) is 5.32 Å². The van der Waals surface area contributed by atoms with Crippen molar-refractivity contribution in [2.75, 3.05) is 11.8 Å². The zero-order valence-electron chi connectivity index (χ0n) is 16.3. The zero-order valence-corrected chi connectivity index (χ0v) is 17.1. The number of carbonyl (C=O) groups is 1. The van der Waals surface area contributed by atoms with Crippen molar-refractivity contribution in [2.45, 2.75) is 17.9 Å². The van der Waals surface area contributed by atoms with Gasteiger partial charge in [0.05, 0.1) is 18.4 Å². The number of carbonyl (C=O) groups excluding carboxylic acids is 1. The summed E-state index contributed by atoms with van der Waals surface area (Å²) < 4.78 is 45.2. The van der Waals surface area contributed by atoms with E-state index < -0.39 is 15.8 Å². The molecule has 0 unspecified atom stereocenters. The molecule has 0 aliphatic carbocycles. The van der Waals surface area contributed by atoms with Crippen LogP contribution in [0.1, 0.15) is 11.1 Å². The Morgan fingerprint density at radius 1 is 0.900 bits per heavy atom. The summed E-state index contributed by atoms with van der Waals surface area (Å²) in [7, 11) is -2.22. The summed E-state index contributed by atoms with van der Waals surface area (Å²) in [6, 6.07) is 18.5. The van der Waals surface area contributed by atoms with E-state index in [1.807, 2.05) is 24.3 Å². The molecule has 156 valence electrons. The second-order valence-corrected chi connectivity index (χ2v) is 8.24. The summed E-state index contributed by atoms with van der Waals surface area (Å²) in [5.41, 5.74) is 2.04. The van der Waals surface area contributed by atoms with Crippen LogP contribution < -0.4 is 14.8 Å². The Morgan fingerprint density at radius 3 is 2.10 bits per heavy atom. The third kappa shape index (κ3) is 5.81. The molecule has 3 aromatic rings. The molecule has 30 heavy (non-hydrogen) atoms. The van der Waals surface area contributed by atoms with Crippen molar-refractivity contribution in [1.29, 1.82) is 0 Å². The molecule has 0 radical (unpaired) electrons. The Kier molecular flexibility index (Phi) is 6.68. The molecule has 0 bridgehead atoms. The van der Waals surface area contributed by atoms with Crippen LogP contribution in [0.3, 0.4) is 0 Å². The number of nitrogens with one attached hydrogen (secondary N) is 2. The molecular weight excluding hydrogens is 407 g/mol. The molecule has 1 amide bonds. The Morgan fingerprint density at radius 2 is 1.50 bits per heavy atom. The molecule has 3 aromatic carbocycles. The fraction of sp³-hybridized carbons (Fsp3) is 0.136. The van der Waals surface area contributed by atoms with Crippen LogP contribution in [0, 0.1) is 5.82 Å². The van der Waals surface area contributed by atoms with Crippen LogP contribution in [0.2, 0.25) is 0 Å². The third-order valence-electron chi connectivity index (χ3n) is 4.34. The summed E-state index contributed by atoms with van der Waals surface area (Å²) in [6.45, 7) is 0.401. The van der Waals surface area contributed by atoms with Crippen molar-refractivity contribution in [3.8, 4) is 5.75 Å². The van der Waals surface area contributed by atoms with Gasteiger partial charge in [0, 0.05) is 12.2 Å². The number of hydrogen-bond acceptors (Lipinski definition) is 4. The van der Waals surface area contributed by atoms with Crippen LogP contribution in [0.4, 0.5) is 10.1 Å². The van der Waals surface area contributed by atoms with Gasteiger partial charge in [-0.25, -0.2) is 12.8 Å². The second kappa shape index (κ2) is 9.41. The van der Waals surface area contributed by atoms with E-state index in [-0.39, 0.29) is 17.2 Å². The molecule has 0 atom stereocenters. The molecule has 3 rings (SSSR count). The third-order valence-corrected chi connectivity index (χ3v) is 5.74. The monoisotopic (exact) mass is 428 g/mol. The molecule has 0 heterocycles. The maximum absolute atomic E-state index is 13.0. The summed E-state index contributed by atoms with van der Waals surface area (Å²) >= 11 is 0. The fourth-order valence-corrected chi connectivity index (χ4v) is 3.77. The first-order valence-corrected chi connectivity index (χ1v) is 10.6. The largest absolute Gasteiger partial charge is 0.497 e. The van der Waals surface area contributed by atoms with Gasteiger partial charge >= 0.3 is 0 Å². The lowest BCUT2D eigenvalue weighted by Gasteiger charge is -2.09. The van der Waals surface area contributed by atoms with Crippen molar-refractivity contribution >= 4 is 21.6 Å². The van der Waals surface area contributed by atoms with Crippen LogP contribution >= 0.6 is 0 Å². The highest BCUT2D eigenvalue weighted by atomic mass is 32.2. The van der Waals surface area contributed by atoms with Crippen LogP contribution in [0.15, 0.2) is 77.7 Å². The van der Waals surface area contributed by atoms with E-state index in [9.17, 15) is 17.6 Å². The van der Waals surface area contributed by atoms with E-state index in [4.69, 9.17) is 4.74 Å². The van der Waals surface area contributed by atoms with Crippen molar-refractivity contribution in [3.63, 3.8) is 0 Å². The van der Waals surface area contributed by atoms with Crippen LogP contribution in [0.25, 0.3) is 0 Å².